The summed E-state index contributed by atoms with van der Waals surface area (Å²) in [6.07, 6.45) is 0. The van der Waals surface area contributed by atoms with Crippen LogP contribution in [0.1, 0.15) is 0 Å². The molecule has 5 heteroatoms. The summed E-state index contributed by atoms with van der Waals surface area (Å²) < 4.78 is 5.37. The number of benzene rings is 1. The third kappa shape index (κ3) is 1.32. The fourth-order valence-electron chi connectivity index (χ4n) is 2.04. The van der Waals surface area contributed by atoms with E-state index in [1.165, 1.54) is 0 Å². The minimum Gasteiger partial charge on any atom is -0.482 e. The first kappa shape index (κ1) is 9.47. The number of anilines is 2. The highest BCUT2D eigenvalue weighted by atomic mass is 16.5. The predicted octanol–water partition coefficient (Wildman–Crippen LogP) is -0.0340. The topological polar surface area (TPSA) is 67.6 Å². The van der Waals surface area contributed by atoms with Crippen molar-refractivity contribution in [3.63, 3.8) is 0 Å². The van der Waals surface area contributed by atoms with Crippen molar-refractivity contribution in [2.24, 2.45) is 0 Å². The van der Waals surface area contributed by atoms with E-state index in [-0.39, 0.29) is 18.6 Å². The Morgan fingerprint density at radius 1 is 1.44 bits per heavy atom. The van der Waals surface area contributed by atoms with Gasteiger partial charge in [-0.15, -0.1) is 0 Å². The second-order valence-electron chi connectivity index (χ2n) is 4.09. The fraction of sp³-hybridized carbons (Fsp3) is 0.364. The average molecular weight is 219 g/mol. The molecule has 5 nitrogen and oxygen atoms in total. The molecule has 3 rings (SSSR count). The number of nitrogen functional groups attached to an aromatic ring is 1. The van der Waals surface area contributed by atoms with Crippen molar-refractivity contribution in [2.45, 2.75) is 6.04 Å². The molecule has 0 aromatic heterocycles. The monoisotopic (exact) mass is 219 g/mol. The van der Waals surface area contributed by atoms with Crippen molar-refractivity contribution in [3.8, 4) is 5.75 Å². The van der Waals surface area contributed by atoms with Crippen molar-refractivity contribution >= 4 is 17.3 Å². The van der Waals surface area contributed by atoms with Crippen LogP contribution in [0.2, 0.25) is 0 Å². The van der Waals surface area contributed by atoms with Gasteiger partial charge in [0.2, 0.25) is 0 Å². The van der Waals surface area contributed by atoms with E-state index in [0.29, 0.717) is 5.69 Å². The number of ether oxygens (including phenoxy) is 1. The lowest BCUT2D eigenvalue weighted by molar-refractivity contribution is -0.122. The van der Waals surface area contributed by atoms with E-state index < -0.39 is 0 Å². The first-order valence-electron chi connectivity index (χ1n) is 5.31. The number of nitrogens with zero attached hydrogens (tertiary/aromatic N) is 1. The van der Waals surface area contributed by atoms with Gasteiger partial charge in [-0.2, -0.15) is 0 Å². The lowest BCUT2D eigenvalue weighted by atomic mass is 10.1. The van der Waals surface area contributed by atoms with Crippen LogP contribution in [-0.2, 0) is 4.79 Å². The summed E-state index contributed by atoms with van der Waals surface area (Å²) in [4.78, 5) is 13.6. The maximum atomic E-state index is 11.8. The number of fused-ring (bicyclic) bond motifs is 1. The minimum absolute atomic E-state index is 0.00426. The Balaban J connectivity index is 2.04. The average Bonchev–Trinajstić information content (AvgIpc) is 2.20. The predicted molar refractivity (Wildman–Crippen MR) is 60.5 cm³/mol. The summed E-state index contributed by atoms with van der Waals surface area (Å²) in [5.74, 6) is 0.741. The molecule has 2 aliphatic heterocycles. The lowest BCUT2D eigenvalue weighted by Crippen LogP contribution is -2.61. The quantitative estimate of drug-likeness (QED) is 0.651. The summed E-state index contributed by atoms with van der Waals surface area (Å²) in [7, 11) is 0. The molecule has 0 unspecified atom stereocenters. The highest BCUT2D eigenvalue weighted by Gasteiger charge is 2.34. The maximum absolute atomic E-state index is 11.8. The van der Waals surface area contributed by atoms with Gasteiger partial charge < -0.3 is 20.7 Å². The number of nitrogens with two attached hydrogens (primary N) is 1. The molecule has 1 fully saturated rings. The van der Waals surface area contributed by atoms with Crippen LogP contribution in [0.15, 0.2) is 18.2 Å². The molecule has 1 amide bonds. The Hall–Kier alpha value is -1.75. The van der Waals surface area contributed by atoms with E-state index in [1.807, 2.05) is 6.07 Å². The van der Waals surface area contributed by atoms with Gasteiger partial charge in [-0.3, -0.25) is 4.79 Å². The van der Waals surface area contributed by atoms with Gasteiger partial charge >= 0.3 is 0 Å². The molecule has 16 heavy (non-hydrogen) atoms. The third-order valence-electron chi connectivity index (χ3n) is 2.99. The van der Waals surface area contributed by atoms with Gasteiger partial charge in [0, 0.05) is 18.8 Å². The number of hydrogen-bond acceptors (Lipinski definition) is 4. The van der Waals surface area contributed by atoms with Crippen LogP contribution in [-0.4, -0.2) is 31.6 Å². The molecular weight excluding hydrogens is 206 g/mol. The van der Waals surface area contributed by atoms with Crippen molar-refractivity contribution in [1.82, 2.24) is 5.32 Å². The highest BCUT2D eigenvalue weighted by Crippen LogP contribution is 2.35. The molecule has 0 aliphatic carbocycles. The molecule has 2 aliphatic rings. The molecule has 3 N–H and O–H groups in total. The fourth-order valence-corrected chi connectivity index (χ4v) is 2.04. The summed E-state index contributed by atoms with van der Waals surface area (Å²) in [5, 5.41) is 3.16. The number of rotatable bonds is 1. The summed E-state index contributed by atoms with van der Waals surface area (Å²) in [5.41, 5.74) is 7.18. The van der Waals surface area contributed by atoms with E-state index in [0.717, 1.165) is 24.5 Å². The Morgan fingerprint density at radius 2 is 2.25 bits per heavy atom. The second-order valence-corrected chi connectivity index (χ2v) is 4.09. The molecule has 0 saturated carbocycles. The van der Waals surface area contributed by atoms with Gasteiger partial charge in [-0.05, 0) is 18.2 Å². The van der Waals surface area contributed by atoms with E-state index in [4.69, 9.17) is 10.5 Å². The Labute approximate surface area is 93.2 Å². The van der Waals surface area contributed by atoms with Crippen LogP contribution in [0.5, 0.6) is 5.75 Å². The van der Waals surface area contributed by atoms with Gasteiger partial charge in [0.25, 0.3) is 5.91 Å². The molecule has 0 radical (unpaired) electrons. The SMILES string of the molecule is Nc1ccc2c(c1)N(C1CNC1)C(=O)CO2. The third-order valence-corrected chi connectivity index (χ3v) is 2.99. The van der Waals surface area contributed by atoms with Crippen LogP contribution in [0.25, 0.3) is 0 Å². The van der Waals surface area contributed by atoms with Gasteiger partial charge in [0.1, 0.15) is 5.75 Å². The van der Waals surface area contributed by atoms with Gasteiger partial charge in [-0.25, -0.2) is 0 Å². The summed E-state index contributed by atoms with van der Waals surface area (Å²) >= 11 is 0. The smallest absolute Gasteiger partial charge is 0.265 e. The van der Waals surface area contributed by atoms with Crippen LogP contribution in [0.3, 0.4) is 0 Å². The van der Waals surface area contributed by atoms with Gasteiger partial charge in [0.15, 0.2) is 6.61 Å². The van der Waals surface area contributed by atoms with E-state index in [1.54, 1.807) is 17.0 Å². The molecule has 0 atom stereocenters. The van der Waals surface area contributed by atoms with Crippen molar-refractivity contribution in [3.05, 3.63) is 18.2 Å². The largest absolute Gasteiger partial charge is 0.482 e. The van der Waals surface area contributed by atoms with Crippen molar-refractivity contribution in [2.75, 3.05) is 30.3 Å². The molecule has 1 aromatic carbocycles. The van der Waals surface area contributed by atoms with Crippen LogP contribution < -0.4 is 20.7 Å². The highest BCUT2D eigenvalue weighted by molar-refractivity contribution is 5.99. The first-order chi connectivity index (χ1) is 7.75. The molecule has 84 valence electrons. The molecule has 0 spiro atoms. The zero-order valence-corrected chi connectivity index (χ0v) is 8.77. The molecule has 1 aromatic rings. The van der Waals surface area contributed by atoms with E-state index in [9.17, 15) is 4.79 Å². The van der Waals surface area contributed by atoms with Gasteiger partial charge in [0.05, 0.1) is 11.7 Å². The number of carbonyl (C=O) groups excluding carboxylic acids is 1. The number of nitrogens with one attached hydrogen (secondary N) is 1. The number of amides is 1. The zero-order valence-electron chi connectivity index (χ0n) is 8.77. The van der Waals surface area contributed by atoms with Gasteiger partial charge in [-0.1, -0.05) is 0 Å². The van der Waals surface area contributed by atoms with Crippen molar-refractivity contribution in [1.29, 1.82) is 0 Å². The van der Waals surface area contributed by atoms with Crippen LogP contribution in [0.4, 0.5) is 11.4 Å². The molecular formula is C11H13N3O2. The minimum atomic E-state index is 0.00426. The van der Waals surface area contributed by atoms with Crippen LogP contribution >= 0.6 is 0 Å². The zero-order chi connectivity index (χ0) is 11.1. The number of hydrogen-bond donors (Lipinski definition) is 2. The molecule has 1 saturated heterocycles. The molecule has 0 bridgehead atoms. The second kappa shape index (κ2) is 3.38. The summed E-state index contributed by atoms with van der Waals surface area (Å²) in [6, 6.07) is 5.63. The summed E-state index contributed by atoms with van der Waals surface area (Å²) in [6.45, 7) is 1.79. The van der Waals surface area contributed by atoms with E-state index in [2.05, 4.69) is 5.32 Å². The Morgan fingerprint density at radius 3 is 2.94 bits per heavy atom. The Bertz CT molecular complexity index is 443. The van der Waals surface area contributed by atoms with Crippen molar-refractivity contribution < 1.29 is 9.53 Å². The lowest BCUT2D eigenvalue weighted by Gasteiger charge is -2.40. The normalized spacial score (nSPS) is 20.0. The number of carbonyl (C=O) groups is 1. The molecule has 2 heterocycles. The Kier molecular flexibility index (Phi) is 2.00. The standard InChI is InChI=1S/C11H13N3O2/c12-7-1-2-10-9(3-7)14(8-4-13-5-8)11(15)6-16-10/h1-3,8,13H,4-6,12H2. The maximum Gasteiger partial charge on any atom is 0.265 e. The first-order valence-corrected chi connectivity index (χ1v) is 5.31. The van der Waals surface area contributed by atoms with Crippen LogP contribution in [0, 0.1) is 0 Å². The van der Waals surface area contributed by atoms with E-state index >= 15 is 0 Å².